The van der Waals surface area contributed by atoms with Gasteiger partial charge in [0.25, 0.3) is 0 Å². The van der Waals surface area contributed by atoms with Crippen LogP contribution in [0.25, 0.3) is 6.08 Å². The van der Waals surface area contributed by atoms with E-state index in [9.17, 15) is 9.59 Å². The van der Waals surface area contributed by atoms with E-state index in [1.54, 1.807) is 35.2 Å². The molecular formula is C19H18N6O3. The maximum Gasteiger partial charge on any atom is 0.329 e. The maximum absolute atomic E-state index is 11.6. The van der Waals surface area contributed by atoms with Gasteiger partial charge in [-0.05, 0) is 29.8 Å². The van der Waals surface area contributed by atoms with Crippen molar-refractivity contribution >= 4 is 24.1 Å². The number of allylic oxidation sites excluding steroid dienone is 1. The van der Waals surface area contributed by atoms with Crippen LogP contribution in [0.5, 0.6) is 0 Å². The molecule has 28 heavy (non-hydrogen) atoms. The third kappa shape index (κ3) is 5.77. The number of nitrogens with one attached hydrogen (secondary N) is 2. The van der Waals surface area contributed by atoms with Crippen LogP contribution in [0.1, 0.15) is 17.0 Å². The second kappa shape index (κ2) is 9.62. The number of hydrogen-bond donors (Lipinski definition) is 2. The Hall–Kier alpha value is -4.01. The van der Waals surface area contributed by atoms with Crippen LogP contribution in [0.3, 0.4) is 0 Å². The van der Waals surface area contributed by atoms with Crippen LogP contribution in [0.15, 0.2) is 70.5 Å². The second-order valence-electron chi connectivity index (χ2n) is 5.67. The Morgan fingerprint density at radius 1 is 1.14 bits per heavy atom. The molecule has 0 spiro atoms. The monoisotopic (exact) mass is 378 g/mol. The Bertz CT molecular complexity index is 961. The summed E-state index contributed by atoms with van der Waals surface area (Å²) in [6.07, 6.45) is 7.88. The van der Waals surface area contributed by atoms with Gasteiger partial charge in [0.2, 0.25) is 0 Å². The van der Waals surface area contributed by atoms with Crippen molar-refractivity contribution in [3.8, 4) is 0 Å². The van der Waals surface area contributed by atoms with Crippen LogP contribution in [-0.4, -0.2) is 33.0 Å². The molecule has 0 atom stereocenters. The first-order valence-electron chi connectivity index (χ1n) is 8.45. The van der Waals surface area contributed by atoms with Gasteiger partial charge in [0, 0.05) is 6.21 Å². The van der Waals surface area contributed by atoms with E-state index in [-0.39, 0.29) is 6.54 Å². The Morgan fingerprint density at radius 3 is 2.79 bits per heavy atom. The minimum atomic E-state index is -0.870. The smallest absolute Gasteiger partial charge is 0.329 e. The van der Waals surface area contributed by atoms with E-state index in [0.29, 0.717) is 18.0 Å². The van der Waals surface area contributed by atoms with E-state index in [1.807, 2.05) is 30.3 Å². The van der Waals surface area contributed by atoms with Gasteiger partial charge in [0.05, 0.1) is 25.5 Å². The summed E-state index contributed by atoms with van der Waals surface area (Å²) in [5.74, 6) is -1.13. The maximum atomic E-state index is 11.6. The topological polar surface area (TPSA) is 114 Å². The van der Waals surface area contributed by atoms with E-state index in [2.05, 4.69) is 26.2 Å². The average Bonchev–Trinajstić information content (AvgIpc) is 3.38. The number of aromatic nitrogens is 3. The van der Waals surface area contributed by atoms with Crippen LogP contribution in [0.4, 0.5) is 0 Å². The molecule has 9 nitrogen and oxygen atoms in total. The van der Waals surface area contributed by atoms with Crippen molar-refractivity contribution in [3.63, 3.8) is 0 Å². The number of carbonyl (C=O) groups excluding carboxylic acids is 2. The summed E-state index contributed by atoms with van der Waals surface area (Å²) < 4.78 is 6.78. The molecule has 0 aliphatic rings. The second-order valence-corrected chi connectivity index (χ2v) is 5.67. The normalized spacial score (nSPS) is 11.1. The van der Waals surface area contributed by atoms with Gasteiger partial charge in [-0.25, -0.2) is 10.1 Å². The van der Waals surface area contributed by atoms with Crippen molar-refractivity contribution < 1.29 is 14.0 Å². The number of amides is 2. The fourth-order valence-electron chi connectivity index (χ4n) is 2.23. The standard InChI is InChI=1S/C19H18N6O3/c26-18(20-12-17-9-5-11-28-17)19(27)23-21-10-4-8-16-14-25(24-22-16)13-15-6-2-1-3-7-15/h1-11,14H,12-13H2,(H,20,26)(H,23,27)/b8-4+,21-10+. The summed E-state index contributed by atoms with van der Waals surface area (Å²) in [7, 11) is 0. The molecule has 0 saturated carbocycles. The highest BCUT2D eigenvalue weighted by Crippen LogP contribution is 2.03. The molecular weight excluding hydrogens is 360 g/mol. The highest BCUT2D eigenvalue weighted by molar-refractivity contribution is 6.35. The third-order valence-electron chi connectivity index (χ3n) is 3.55. The zero-order valence-corrected chi connectivity index (χ0v) is 14.9. The van der Waals surface area contributed by atoms with Crippen molar-refractivity contribution in [1.82, 2.24) is 25.7 Å². The van der Waals surface area contributed by atoms with E-state index in [1.165, 1.54) is 12.5 Å². The fraction of sp³-hybridized carbons (Fsp3) is 0.105. The van der Waals surface area contributed by atoms with Crippen LogP contribution >= 0.6 is 0 Å². The molecule has 1 aromatic carbocycles. The summed E-state index contributed by atoms with van der Waals surface area (Å²) >= 11 is 0. The summed E-state index contributed by atoms with van der Waals surface area (Å²) in [6, 6.07) is 13.3. The summed E-state index contributed by atoms with van der Waals surface area (Å²) in [6.45, 7) is 0.750. The lowest BCUT2D eigenvalue weighted by molar-refractivity contribution is -0.139. The van der Waals surface area contributed by atoms with Crippen LogP contribution in [0.2, 0.25) is 0 Å². The minimum absolute atomic E-state index is 0.126. The summed E-state index contributed by atoms with van der Waals surface area (Å²) in [4.78, 5) is 23.2. The van der Waals surface area contributed by atoms with Gasteiger partial charge in [0.1, 0.15) is 11.5 Å². The number of hydrazone groups is 1. The first kappa shape index (κ1) is 18.8. The molecule has 0 aliphatic carbocycles. The number of carbonyl (C=O) groups is 2. The predicted molar refractivity (Wildman–Crippen MR) is 102 cm³/mol. The molecule has 0 saturated heterocycles. The minimum Gasteiger partial charge on any atom is -0.467 e. The third-order valence-corrected chi connectivity index (χ3v) is 3.55. The van der Waals surface area contributed by atoms with Gasteiger partial charge in [-0.1, -0.05) is 35.5 Å². The predicted octanol–water partition coefficient (Wildman–Crippen LogP) is 1.35. The average molecular weight is 378 g/mol. The molecule has 142 valence electrons. The molecule has 2 heterocycles. The van der Waals surface area contributed by atoms with Crippen LogP contribution < -0.4 is 10.7 Å². The quantitative estimate of drug-likeness (QED) is 0.366. The number of rotatable bonds is 7. The van der Waals surface area contributed by atoms with Crippen molar-refractivity contribution in [2.75, 3.05) is 0 Å². The van der Waals surface area contributed by atoms with Gasteiger partial charge in [-0.2, -0.15) is 5.10 Å². The molecule has 2 aromatic heterocycles. The lowest BCUT2D eigenvalue weighted by atomic mass is 10.2. The molecule has 3 rings (SSSR count). The van der Waals surface area contributed by atoms with E-state index in [4.69, 9.17) is 4.42 Å². The van der Waals surface area contributed by atoms with Crippen molar-refractivity contribution in [1.29, 1.82) is 0 Å². The SMILES string of the molecule is O=C(NCc1ccco1)C(=O)N/N=C/C=C/c1cn(Cc2ccccc2)nn1. The lowest BCUT2D eigenvalue weighted by Crippen LogP contribution is -2.37. The Labute approximate surface area is 160 Å². The Balaban J connectivity index is 1.41. The van der Waals surface area contributed by atoms with E-state index < -0.39 is 11.8 Å². The largest absolute Gasteiger partial charge is 0.467 e. The Kier molecular flexibility index (Phi) is 6.45. The summed E-state index contributed by atoms with van der Waals surface area (Å²) in [5.41, 5.74) is 3.90. The molecule has 9 heteroatoms. The first-order valence-corrected chi connectivity index (χ1v) is 8.45. The zero-order chi connectivity index (χ0) is 19.6. The zero-order valence-electron chi connectivity index (χ0n) is 14.9. The van der Waals surface area contributed by atoms with Crippen molar-refractivity contribution in [2.45, 2.75) is 13.1 Å². The van der Waals surface area contributed by atoms with Gasteiger partial charge in [-0.15, -0.1) is 5.10 Å². The number of benzene rings is 1. The molecule has 0 fully saturated rings. The highest BCUT2D eigenvalue weighted by Gasteiger charge is 2.12. The van der Waals surface area contributed by atoms with E-state index in [0.717, 1.165) is 5.56 Å². The number of hydrogen-bond acceptors (Lipinski definition) is 6. The van der Waals surface area contributed by atoms with Gasteiger partial charge >= 0.3 is 11.8 Å². The molecule has 3 aromatic rings. The van der Waals surface area contributed by atoms with Gasteiger partial charge < -0.3 is 9.73 Å². The van der Waals surface area contributed by atoms with Crippen LogP contribution in [-0.2, 0) is 22.7 Å². The molecule has 0 aliphatic heterocycles. The lowest BCUT2D eigenvalue weighted by Gasteiger charge is -2.00. The number of nitrogens with zero attached hydrogens (tertiary/aromatic N) is 4. The van der Waals surface area contributed by atoms with Gasteiger partial charge in [0.15, 0.2) is 0 Å². The van der Waals surface area contributed by atoms with Crippen molar-refractivity contribution in [2.24, 2.45) is 5.10 Å². The molecule has 2 N–H and O–H groups in total. The van der Waals surface area contributed by atoms with E-state index >= 15 is 0 Å². The van der Waals surface area contributed by atoms with Crippen LogP contribution in [0, 0.1) is 0 Å². The first-order chi connectivity index (χ1) is 13.7. The molecule has 0 unspecified atom stereocenters. The fourth-order valence-corrected chi connectivity index (χ4v) is 2.23. The number of furan rings is 1. The van der Waals surface area contributed by atoms with Crippen molar-refractivity contribution in [3.05, 3.63) is 78.0 Å². The molecule has 2 amide bonds. The van der Waals surface area contributed by atoms with Gasteiger partial charge in [-0.3, -0.25) is 9.59 Å². The summed E-state index contributed by atoms with van der Waals surface area (Å²) in [5, 5.41) is 14.2. The Morgan fingerprint density at radius 2 is 2.00 bits per heavy atom. The molecule has 0 radical (unpaired) electrons. The molecule has 0 bridgehead atoms. The highest BCUT2D eigenvalue weighted by atomic mass is 16.3.